The molecular formula is C39H65ClO6Si2. The van der Waals surface area contributed by atoms with Gasteiger partial charge in [0.25, 0.3) is 0 Å². The van der Waals surface area contributed by atoms with Crippen LogP contribution in [0.15, 0.2) is 30.4 Å². The molecule has 0 bridgehead atoms. The highest BCUT2D eigenvalue weighted by Crippen LogP contribution is 2.51. The lowest BCUT2D eigenvalue weighted by Crippen LogP contribution is -2.45. The molecule has 0 aliphatic heterocycles. The second kappa shape index (κ2) is 18.1. The van der Waals surface area contributed by atoms with Crippen LogP contribution in [0.5, 0.6) is 5.75 Å². The Morgan fingerprint density at radius 3 is 2.27 bits per heavy atom. The smallest absolute Gasteiger partial charge is 0.305 e. The summed E-state index contributed by atoms with van der Waals surface area (Å²) in [5, 5.41) is -0.0513. The van der Waals surface area contributed by atoms with Gasteiger partial charge in [-0.15, -0.1) is 23.4 Å². The molecule has 1 fully saturated rings. The van der Waals surface area contributed by atoms with Gasteiger partial charge >= 0.3 is 5.97 Å². The van der Waals surface area contributed by atoms with Gasteiger partial charge in [0.15, 0.2) is 23.4 Å². The Hall–Kier alpha value is -1.61. The number of carbonyl (C=O) groups is 1. The molecule has 48 heavy (non-hydrogen) atoms. The van der Waals surface area contributed by atoms with Gasteiger partial charge in [-0.25, -0.2) is 0 Å². The van der Waals surface area contributed by atoms with Gasteiger partial charge in [0, 0.05) is 37.2 Å². The molecule has 0 aromatic heterocycles. The van der Waals surface area contributed by atoms with Crippen molar-refractivity contribution in [3.8, 4) is 17.6 Å². The lowest BCUT2D eigenvalue weighted by Gasteiger charge is -2.41. The van der Waals surface area contributed by atoms with Crippen LogP contribution in [0, 0.1) is 23.7 Å². The summed E-state index contributed by atoms with van der Waals surface area (Å²) in [6, 6.07) is 6.27. The number of benzene rings is 1. The summed E-state index contributed by atoms with van der Waals surface area (Å²) in [7, 11) is -1.18. The topological polar surface area (TPSA) is 63.2 Å². The third kappa shape index (κ3) is 11.5. The maximum atomic E-state index is 11.9. The van der Waals surface area contributed by atoms with Crippen LogP contribution in [-0.2, 0) is 29.5 Å². The normalized spacial score (nSPS) is 21.9. The van der Waals surface area contributed by atoms with E-state index in [1.54, 1.807) is 7.11 Å². The van der Waals surface area contributed by atoms with Crippen molar-refractivity contribution in [2.75, 3.05) is 21.0 Å². The zero-order chi connectivity index (χ0) is 36.5. The zero-order valence-corrected chi connectivity index (χ0v) is 35.2. The molecule has 0 heterocycles. The van der Waals surface area contributed by atoms with E-state index in [0.29, 0.717) is 19.3 Å². The maximum Gasteiger partial charge on any atom is 0.305 e. The standard InChI is InChI=1S/C39H65ClO6Si2/c1-15-16-19-28(2)33(45-47(11,12)38(3,4)5)25-24-30-34(46-48(13,14)39(6,7)8)26-32(40)36(30)31-22-17-20-29(37(31)44-27-42-9)21-18-23-35(41)43-10/h17,20,22,24-25,28,30,32-34,36H,18-19,21,23,26-27H2,1-14H3/b25-24+/t28?,30-,32+,33?,34+,36-/m0/s1. The van der Waals surface area contributed by atoms with Crippen LogP contribution in [0.4, 0.5) is 0 Å². The molecule has 272 valence electrons. The Kier molecular flexibility index (Phi) is 16.0. The third-order valence-corrected chi connectivity index (χ3v) is 20.2. The Labute approximate surface area is 300 Å². The molecule has 0 radical (unpaired) electrons. The molecule has 0 N–H and O–H groups in total. The fourth-order valence-corrected chi connectivity index (χ4v) is 8.88. The highest BCUT2D eigenvalue weighted by Gasteiger charge is 2.49. The minimum Gasteiger partial charge on any atom is -0.469 e. The van der Waals surface area contributed by atoms with Crippen molar-refractivity contribution in [1.82, 2.24) is 0 Å². The van der Waals surface area contributed by atoms with Crippen LogP contribution in [0.25, 0.3) is 0 Å². The van der Waals surface area contributed by atoms with E-state index in [0.717, 1.165) is 29.7 Å². The van der Waals surface area contributed by atoms with Gasteiger partial charge in [-0.05, 0) is 79.5 Å². The average Bonchev–Trinajstić information content (AvgIpc) is 3.28. The summed E-state index contributed by atoms with van der Waals surface area (Å²) >= 11 is 7.39. The van der Waals surface area contributed by atoms with Crippen molar-refractivity contribution in [2.24, 2.45) is 11.8 Å². The number of aryl methyl sites for hydroxylation is 1. The van der Waals surface area contributed by atoms with E-state index in [1.165, 1.54) is 7.11 Å². The molecule has 9 heteroatoms. The Balaban J connectivity index is 2.70. The van der Waals surface area contributed by atoms with Crippen LogP contribution in [0.3, 0.4) is 0 Å². The number of hydrogen-bond donors (Lipinski definition) is 0. The number of esters is 1. The average molecular weight is 722 g/mol. The first-order chi connectivity index (χ1) is 22.2. The van der Waals surface area contributed by atoms with Crippen molar-refractivity contribution in [2.45, 2.75) is 147 Å². The second-order valence-corrected chi connectivity index (χ2v) is 26.5. The fraction of sp³-hybridized carbons (Fsp3) is 0.718. The van der Waals surface area contributed by atoms with Crippen LogP contribution in [-0.4, -0.2) is 61.2 Å². The fourth-order valence-electron chi connectivity index (χ4n) is 5.69. The molecule has 1 saturated carbocycles. The summed E-state index contributed by atoms with van der Waals surface area (Å²) < 4.78 is 30.9. The molecule has 1 aromatic carbocycles. The van der Waals surface area contributed by atoms with Crippen LogP contribution >= 0.6 is 11.6 Å². The number of hydrogen-bond acceptors (Lipinski definition) is 6. The molecule has 1 aliphatic rings. The predicted molar refractivity (Wildman–Crippen MR) is 205 cm³/mol. The first-order valence-electron chi connectivity index (χ1n) is 17.6. The van der Waals surface area contributed by atoms with Gasteiger partial charge in [-0.2, -0.15) is 0 Å². The number of para-hydroxylation sites is 1. The van der Waals surface area contributed by atoms with Gasteiger partial charge in [-0.3, -0.25) is 4.79 Å². The number of methoxy groups -OCH3 is 2. The second-order valence-electron chi connectivity index (χ2n) is 16.4. The Morgan fingerprint density at radius 1 is 1.06 bits per heavy atom. The Morgan fingerprint density at radius 2 is 1.71 bits per heavy atom. The summed E-state index contributed by atoms with van der Waals surface area (Å²) in [5.41, 5.74) is 2.07. The monoisotopic (exact) mass is 720 g/mol. The van der Waals surface area contributed by atoms with E-state index >= 15 is 0 Å². The molecular weight excluding hydrogens is 656 g/mol. The summed E-state index contributed by atoms with van der Waals surface area (Å²) in [4.78, 5) is 11.9. The molecule has 0 amide bonds. The molecule has 2 unspecified atom stereocenters. The molecule has 2 rings (SSSR count). The molecule has 1 aromatic rings. The third-order valence-electron chi connectivity index (χ3n) is 10.7. The number of alkyl halides is 1. The summed E-state index contributed by atoms with van der Waals surface area (Å²) in [6.45, 7) is 27.2. The van der Waals surface area contributed by atoms with Crippen molar-refractivity contribution < 1.29 is 27.9 Å². The summed E-state index contributed by atoms with van der Waals surface area (Å²) in [5.74, 6) is 7.08. The number of halogens is 1. The largest absolute Gasteiger partial charge is 0.469 e. The highest BCUT2D eigenvalue weighted by molar-refractivity contribution is 6.74. The Bertz CT molecular complexity index is 1270. The molecule has 1 aliphatic carbocycles. The van der Waals surface area contributed by atoms with Gasteiger partial charge in [0.05, 0.1) is 19.3 Å². The van der Waals surface area contributed by atoms with Crippen LogP contribution in [0.2, 0.25) is 36.3 Å². The van der Waals surface area contributed by atoms with E-state index in [9.17, 15) is 4.79 Å². The maximum absolute atomic E-state index is 11.9. The predicted octanol–water partition coefficient (Wildman–Crippen LogP) is 10.3. The van der Waals surface area contributed by atoms with Crippen LogP contribution in [0.1, 0.15) is 98.1 Å². The van der Waals surface area contributed by atoms with Crippen LogP contribution < -0.4 is 4.74 Å². The van der Waals surface area contributed by atoms with E-state index in [1.807, 2.05) is 6.92 Å². The van der Waals surface area contributed by atoms with Gasteiger partial charge < -0.3 is 23.1 Å². The number of rotatable bonds is 16. The van der Waals surface area contributed by atoms with Crippen molar-refractivity contribution in [3.05, 3.63) is 41.5 Å². The molecule has 6 nitrogen and oxygen atoms in total. The number of ether oxygens (including phenoxy) is 3. The van der Waals surface area contributed by atoms with E-state index in [-0.39, 0.29) is 58.2 Å². The lowest BCUT2D eigenvalue weighted by atomic mass is 9.85. The first-order valence-corrected chi connectivity index (χ1v) is 23.8. The van der Waals surface area contributed by atoms with Crippen molar-refractivity contribution in [1.29, 1.82) is 0 Å². The van der Waals surface area contributed by atoms with E-state index < -0.39 is 16.6 Å². The SMILES string of the molecule is CC#CCC(C)C(/C=C/[C@@H]1[C@@H](c2cccc(CCCC(=O)OC)c2OCOC)[C@H](Cl)C[C@H]1O[Si](C)(C)C(C)(C)C)O[Si](C)(C)C(C)(C)C. The molecule has 6 atom stereocenters. The summed E-state index contributed by atoms with van der Waals surface area (Å²) in [6.07, 6.45) is 7.63. The minimum atomic E-state index is -2.14. The van der Waals surface area contributed by atoms with Crippen molar-refractivity contribution in [3.63, 3.8) is 0 Å². The van der Waals surface area contributed by atoms with Gasteiger partial charge in [0.1, 0.15) is 5.75 Å². The highest BCUT2D eigenvalue weighted by atomic mass is 35.5. The van der Waals surface area contributed by atoms with Gasteiger partial charge in [0.2, 0.25) is 0 Å². The molecule has 0 saturated heterocycles. The quantitative estimate of drug-likeness (QED) is 0.0423. The minimum absolute atomic E-state index is 0.00758. The molecule has 0 spiro atoms. The van der Waals surface area contributed by atoms with E-state index in [2.05, 4.69) is 117 Å². The first kappa shape index (κ1) is 42.6. The van der Waals surface area contributed by atoms with Gasteiger partial charge in [-0.1, -0.05) is 78.8 Å². The zero-order valence-electron chi connectivity index (χ0n) is 32.4. The lowest BCUT2D eigenvalue weighted by molar-refractivity contribution is -0.140. The van der Waals surface area contributed by atoms with E-state index in [4.69, 9.17) is 34.7 Å². The van der Waals surface area contributed by atoms with Crippen molar-refractivity contribution >= 4 is 34.2 Å². The number of carbonyl (C=O) groups excluding carboxylic acids is 1.